The van der Waals surface area contributed by atoms with Crippen molar-refractivity contribution < 1.29 is 33.7 Å². The number of amides is 1. The molecule has 5 aliphatic heterocycles. The Morgan fingerprint density at radius 3 is 2.56 bits per heavy atom. The second-order valence-electron chi connectivity index (χ2n) is 19.1. The van der Waals surface area contributed by atoms with Crippen LogP contribution in [-0.4, -0.2) is 127 Å². The molecular formula is C51H60N6O7. The molecule has 1 saturated carbocycles. The van der Waals surface area contributed by atoms with E-state index in [0.29, 0.717) is 42.7 Å². The quantitative estimate of drug-likeness (QED) is 0.146. The van der Waals surface area contributed by atoms with Crippen LogP contribution in [0.5, 0.6) is 5.75 Å². The average Bonchev–Trinajstić information content (AvgIpc) is 3.98. The SMILES string of the molecule is CCC1=C[C@@H]2CN(CCc3c([nH]c4ccccc34)[C@@](C(=O)OC)(c3cc4c(cc3OC)N(C)[C@H]3[C@@](O)(CNC(=O)c5ccncc5)[C@H](OC(C)=O)[C@]5(CC)C=CCN6CC[C@]43[C@@H]65)C2)C1. The fourth-order valence-corrected chi connectivity index (χ4v) is 13.8. The summed E-state index contributed by atoms with van der Waals surface area (Å²) in [4.78, 5) is 57.6. The number of methoxy groups -OCH3 is 2. The molecule has 1 saturated heterocycles. The van der Waals surface area contributed by atoms with Gasteiger partial charge in [-0.15, -0.1) is 0 Å². The van der Waals surface area contributed by atoms with Crippen LogP contribution in [0.15, 0.2) is 84.7 Å². The number of anilines is 1. The molecule has 13 heteroatoms. The maximum absolute atomic E-state index is 15.4. The molecule has 64 heavy (non-hydrogen) atoms. The second-order valence-corrected chi connectivity index (χ2v) is 19.1. The van der Waals surface area contributed by atoms with Gasteiger partial charge in [0.1, 0.15) is 22.9 Å². The molecule has 1 aliphatic carbocycles. The first kappa shape index (κ1) is 42.5. The normalized spacial score (nSPS) is 32.5. The number of benzene rings is 2. The van der Waals surface area contributed by atoms with Crippen LogP contribution in [0.2, 0.25) is 0 Å². The lowest BCUT2D eigenvalue weighted by atomic mass is 9.47. The van der Waals surface area contributed by atoms with E-state index in [2.05, 4.69) is 86.3 Å². The van der Waals surface area contributed by atoms with Gasteiger partial charge in [-0.25, -0.2) is 0 Å². The Bertz CT molecular complexity index is 2590. The fraction of sp³-hybridized carbons (Fsp3) is 0.490. The maximum Gasteiger partial charge on any atom is 0.322 e. The molecule has 9 atom stereocenters. The van der Waals surface area contributed by atoms with E-state index in [-0.39, 0.29) is 30.4 Å². The van der Waals surface area contributed by atoms with Gasteiger partial charge in [0, 0.05) is 109 Å². The van der Waals surface area contributed by atoms with Gasteiger partial charge >= 0.3 is 11.9 Å². The van der Waals surface area contributed by atoms with Crippen LogP contribution >= 0.6 is 0 Å². The summed E-state index contributed by atoms with van der Waals surface area (Å²) in [5.74, 6) is -0.684. The van der Waals surface area contributed by atoms with E-state index in [1.807, 2.05) is 19.2 Å². The maximum atomic E-state index is 15.4. The van der Waals surface area contributed by atoms with Gasteiger partial charge in [0.15, 0.2) is 0 Å². The van der Waals surface area contributed by atoms with Crippen LogP contribution in [0.1, 0.15) is 79.2 Å². The van der Waals surface area contributed by atoms with Crippen LogP contribution in [0.25, 0.3) is 10.9 Å². The first-order valence-electron chi connectivity index (χ1n) is 23.0. The van der Waals surface area contributed by atoms with Gasteiger partial charge < -0.3 is 34.5 Å². The van der Waals surface area contributed by atoms with Crippen molar-refractivity contribution in [2.45, 2.75) is 87.5 Å². The lowest BCUT2D eigenvalue weighted by Crippen LogP contribution is -2.81. The number of esters is 2. The van der Waals surface area contributed by atoms with Crippen molar-refractivity contribution >= 4 is 34.4 Å². The van der Waals surface area contributed by atoms with Gasteiger partial charge in [-0.2, -0.15) is 0 Å². The van der Waals surface area contributed by atoms with Gasteiger partial charge in [-0.3, -0.25) is 29.2 Å². The number of hydrogen-bond acceptors (Lipinski definition) is 11. The zero-order valence-corrected chi connectivity index (χ0v) is 37.8. The van der Waals surface area contributed by atoms with Gasteiger partial charge in [0.25, 0.3) is 5.91 Å². The number of fused-ring (bicyclic) bond motifs is 6. The minimum Gasteiger partial charge on any atom is -0.496 e. The summed E-state index contributed by atoms with van der Waals surface area (Å²) in [6, 6.07) is 14.9. The summed E-state index contributed by atoms with van der Waals surface area (Å²) in [6.07, 6.45) is 12.1. The molecule has 13 nitrogen and oxygen atoms in total. The van der Waals surface area contributed by atoms with E-state index in [4.69, 9.17) is 14.2 Å². The van der Waals surface area contributed by atoms with Crippen molar-refractivity contribution in [1.29, 1.82) is 0 Å². The number of rotatable bonds is 9. The summed E-state index contributed by atoms with van der Waals surface area (Å²) in [7, 11) is 5.12. The number of aliphatic hydroxyl groups is 1. The molecule has 2 fully saturated rings. The molecular weight excluding hydrogens is 809 g/mol. The van der Waals surface area contributed by atoms with E-state index in [9.17, 15) is 14.7 Å². The van der Waals surface area contributed by atoms with Gasteiger partial charge in [-0.1, -0.05) is 55.8 Å². The van der Waals surface area contributed by atoms with Crippen molar-refractivity contribution in [2.75, 3.05) is 65.4 Å². The minimum atomic E-state index is -1.81. The molecule has 4 aromatic rings. The number of nitrogens with one attached hydrogen (secondary N) is 2. The lowest BCUT2D eigenvalue weighted by Gasteiger charge is -2.64. The highest BCUT2D eigenvalue weighted by molar-refractivity contribution is 5.95. The van der Waals surface area contributed by atoms with Crippen molar-refractivity contribution in [3.8, 4) is 5.75 Å². The molecule has 1 spiro atoms. The number of aromatic nitrogens is 2. The van der Waals surface area contributed by atoms with E-state index in [1.54, 1.807) is 31.6 Å². The zero-order valence-electron chi connectivity index (χ0n) is 37.8. The Balaban J connectivity index is 1.24. The zero-order chi connectivity index (χ0) is 44.8. The number of pyridine rings is 1. The number of aromatic amines is 1. The number of H-pyrrole nitrogens is 1. The molecule has 6 aliphatic rings. The summed E-state index contributed by atoms with van der Waals surface area (Å²) in [5, 5.41) is 18.1. The molecule has 7 heterocycles. The summed E-state index contributed by atoms with van der Waals surface area (Å²) in [5.41, 5.74) is 2.43. The summed E-state index contributed by atoms with van der Waals surface area (Å²) < 4.78 is 18.9. The molecule has 2 aromatic heterocycles. The number of carbonyl (C=O) groups is 3. The number of nitrogens with zero attached hydrogens (tertiary/aromatic N) is 4. The third-order valence-electron chi connectivity index (χ3n) is 16.1. The second kappa shape index (κ2) is 15.6. The number of hydrogen-bond donors (Lipinski definition) is 3. The molecule has 10 rings (SSSR count). The lowest BCUT2D eigenvalue weighted by molar-refractivity contribution is -0.216. The molecule has 2 aromatic carbocycles. The largest absolute Gasteiger partial charge is 0.496 e. The van der Waals surface area contributed by atoms with Crippen molar-refractivity contribution in [1.82, 2.24) is 25.1 Å². The van der Waals surface area contributed by atoms with Crippen LogP contribution in [0.3, 0.4) is 0 Å². The molecule has 3 N–H and O–H groups in total. The highest BCUT2D eigenvalue weighted by Crippen LogP contribution is 2.68. The first-order valence-corrected chi connectivity index (χ1v) is 23.0. The average molecular weight is 869 g/mol. The van der Waals surface area contributed by atoms with E-state index in [1.165, 1.54) is 19.6 Å². The molecule has 336 valence electrons. The van der Waals surface area contributed by atoms with Gasteiger partial charge in [0.05, 0.1) is 26.8 Å². The number of carbonyl (C=O) groups excluding carboxylic acids is 3. The Kier molecular flexibility index (Phi) is 10.3. The first-order chi connectivity index (χ1) is 30.9. The van der Waals surface area contributed by atoms with Crippen molar-refractivity contribution in [2.24, 2.45) is 11.3 Å². The topological polar surface area (TPSA) is 150 Å². The van der Waals surface area contributed by atoms with Gasteiger partial charge in [-0.05, 0) is 80.0 Å². The third kappa shape index (κ3) is 5.92. The monoisotopic (exact) mass is 868 g/mol. The van der Waals surface area contributed by atoms with E-state index >= 15 is 4.79 Å². The summed E-state index contributed by atoms with van der Waals surface area (Å²) in [6.45, 7) is 9.47. The minimum absolute atomic E-state index is 0.0261. The third-order valence-corrected chi connectivity index (χ3v) is 16.1. The predicted molar refractivity (Wildman–Crippen MR) is 243 cm³/mol. The van der Waals surface area contributed by atoms with Crippen LogP contribution in [0, 0.1) is 11.3 Å². The van der Waals surface area contributed by atoms with Gasteiger partial charge in [0.2, 0.25) is 0 Å². The van der Waals surface area contributed by atoms with Crippen LogP contribution < -0.4 is 15.0 Å². The van der Waals surface area contributed by atoms with E-state index < -0.39 is 40.0 Å². The highest BCUT2D eigenvalue weighted by atomic mass is 16.6. The number of likely N-dealkylation sites (N-methyl/N-ethyl adjacent to an activating group) is 1. The predicted octanol–water partition coefficient (Wildman–Crippen LogP) is 5.45. The van der Waals surface area contributed by atoms with Crippen molar-refractivity contribution in [3.63, 3.8) is 0 Å². The number of para-hydroxylation sites is 1. The molecule has 1 unspecified atom stereocenters. The van der Waals surface area contributed by atoms with E-state index in [0.717, 1.165) is 72.4 Å². The Labute approximate surface area is 374 Å². The molecule has 2 bridgehead atoms. The number of ether oxygens (including phenoxy) is 3. The van der Waals surface area contributed by atoms with Crippen molar-refractivity contribution in [3.05, 3.63) is 113 Å². The molecule has 0 radical (unpaired) electrons. The highest BCUT2D eigenvalue weighted by Gasteiger charge is 2.78. The fourth-order valence-electron chi connectivity index (χ4n) is 13.8. The van der Waals surface area contributed by atoms with Crippen LogP contribution in [0.4, 0.5) is 5.69 Å². The Morgan fingerprint density at radius 1 is 1.03 bits per heavy atom. The summed E-state index contributed by atoms with van der Waals surface area (Å²) >= 11 is 0. The Morgan fingerprint density at radius 2 is 1.83 bits per heavy atom. The standard InChI is InChI=1S/C51H60N6O7/c1-7-32-24-33-27-50(47(60)63-6,42-36(16-22-56(28-32)29-33)35-12-9-10-13-39(35)54-42)38-25-37-40(26-41(38)62-5)55(4)45-49(37)18-23-57-21-11-17-48(8-2,44(49)57)46(64-31(3)58)51(45,61)30-53-43(59)34-14-19-52-20-15-34/h9-15,17,19-20,24-26,33,44-46,54,61H,7-8,16,18,21-23,27-30H2,1-6H3,(H,53,59)/t33-,44-,45+,46+,48+,49+,50-,51-/m0/s1. The van der Waals surface area contributed by atoms with Crippen LogP contribution in [-0.2, 0) is 36.3 Å². The smallest absolute Gasteiger partial charge is 0.322 e. The Hall–Kier alpha value is -5.50. The molecule has 1 amide bonds.